The third-order valence-corrected chi connectivity index (χ3v) is 4.60. The van der Waals surface area contributed by atoms with Crippen LogP contribution in [0.5, 0.6) is 0 Å². The molecule has 0 bridgehead atoms. The van der Waals surface area contributed by atoms with Crippen LogP contribution < -0.4 is 0 Å². The largest absolute Gasteiger partial charge is 0.381 e. The molecule has 0 saturated carbocycles. The molecule has 5 heteroatoms. The quantitative estimate of drug-likeness (QED) is 0.855. The van der Waals surface area contributed by atoms with Gasteiger partial charge in [0.05, 0.1) is 12.0 Å². The van der Waals surface area contributed by atoms with Gasteiger partial charge in [0.1, 0.15) is 0 Å². The molecular formula is C13H16N2O2S. The minimum Gasteiger partial charge on any atom is -0.381 e. The van der Waals surface area contributed by atoms with Crippen LogP contribution in [0.4, 0.5) is 0 Å². The first kappa shape index (κ1) is 11.9. The maximum absolute atomic E-state index is 5.46. The monoisotopic (exact) mass is 264 g/mol. The van der Waals surface area contributed by atoms with Gasteiger partial charge in [0, 0.05) is 17.4 Å². The summed E-state index contributed by atoms with van der Waals surface area (Å²) in [5.41, 5.74) is -0.223. The molecule has 1 aliphatic rings. The highest BCUT2D eigenvalue weighted by atomic mass is 32.1. The van der Waals surface area contributed by atoms with E-state index in [0.717, 1.165) is 18.9 Å². The first-order valence-electron chi connectivity index (χ1n) is 6.14. The molecule has 0 aromatic carbocycles. The highest BCUT2D eigenvalue weighted by Crippen LogP contribution is 2.34. The second-order valence-corrected chi connectivity index (χ2v) is 6.07. The summed E-state index contributed by atoms with van der Waals surface area (Å²) in [7, 11) is 0. The molecule has 18 heavy (non-hydrogen) atoms. The van der Waals surface area contributed by atoms with Crippen molar-refractivity contribution in [1.29, 1.82) is 0 Å². The summed E-state index contributed by atoms with van der Waals surface area (Å²) in [5.74, 6) is 1.76. The topological polar surface area (TPSA) is 48.2 Å². The van der Waals surface area contributed by atoms with Crippen molar-refractivity contribution in [2.24, 2.45) is 0 Å². The summed E-state index contributed by atoms with van der Waals surface area (Å²) in [6, 6.07) is 4.15. The van der Waals surface area contributed by atoms with E-state index in [-0.39, 0.29) is 5.41 Å². The van der Waals surface area contributed by atoms with Gasteiger partial charge in [-0.05, 0) is 31.7 Å². The van der Waals surface area contributed by atoms with E-state index in [1.54, 1.807) is 11.3 Å². The molecule has 2 aromatic rings. The molecule has 3 rings (SSSR count). The van der Waals surface area contributed by atoms with Crippen molar-refractivity contribution < 1.29 is 9.26 Å². The zero-order chi connectivity index (χ0) is 12.6. The van der Waals surface area contributed by atoms with Crippen LogP contribution in [0.1, 0.15) is 42.8 Å². The van der Waals surface area contributed by atoms with Crippen LogP contribution in [0, 0.1) is 0 Å². The van der Waals surface area contributed by atoms with Crippen LogP contribution in [0.3, 0.4) is 0 Å². The number of aromatic nitrogens is 2. The van der Waals surface area contributed by atoms with Crippen molar-refractivity contribution in [3.8, 4) is 0 Å². The second-order valence-electron chi connectivity index (χ2n) is 5.12. The van der Waals surface area contributed by atoms with Gasteiger partial charge >= 0.3 is 0 Å². The fourth-order valence-electron chi connectivity index (χ4n) is 2.13. The third-order valence-electron chi connectivity index (χ3n) is 3.41. The van der Waals surface area contributed by atoms with Crippen LogP contribution in [0.25, 0.3) is 0 Å². The van der Waals surface area contributed by atoms with Gasteiger partial charge < -0.3 is 9.26 Å². The Morgan fingerprint density at radius 3 is 3.00 bits per heavy atom. The molecule has 0 spiro atoms. The molecule has 0 aliphatic carbocycles. The van der Waals surface area contributed by atoms with Gasteiger partial charge in [0.25, 0.3) is 0 Å². The standard InChI is InChI=1S/C13H16N2O2S/c1-13(2,10-4-3-7-18-10)12-14-11(15-17-12)9-5-6-16-8-9/h3-4,7,9H,5-6,8H2,1-2H3. The van der Waals surface area contributed by atoms with E-state index < -0.39 is 0 Å². The van der Waals surface area contributed by atoms with Crippen molar-refractivity contribution in [2.45, 2.75) is 31.6 Å². The summed E-state index contributed by atoms with van der Waals surface area (Å²) in [5, 5.41) is 6.18. The molecule has 1 unspecified atom stereocenters. The van der Waals surface area contributed by atoms with Gasteiger partial charge in [-0.15, -0.1) is 11.3 Å². The Labute approximate surface area is 110 Å². The Kier molecular flexibility index (Phi) is 2.95. The molecule has 0 amide bonds. The number of hydrogen-bond donors (Lipinski definition) is 0. The van der Waals surface area contributed by atoms with E-state index in [2.05, 4.69) is 35.4 Å². The molecule has 1 atom stereocenters. The molecule has 1 fully saturated rings. The SMILES string of the molecule is CC(C)(c1nc(C2CCOC2)no1)c1cccs1. The Bertz CT molecular complexity index is 513. The minimum atomic E-state index is -0.223. The summed E-state index contributed by atoms with van der Waals surface area (Å²) in [4.78, 5) is 5.81. The fourth-order valence-corrected chi connectivity index (χ4v) is 2.98. The predicted octanol–water partition coefficient (Wildman–Crippen LogP) is 2.96. The number of thiophene rings is 1. The predicted molar refractivity (Wildman–Crippen MR) is 68.9 cm³/mol. The fraction of sp³-hybridized carbons (Fsp3) is 0.538. The Morgan fingerprint density at radius 1 is 1.44 bits per heavy atom. The zero-order valence-corrected chi connectivity index (χ0v) is 11.4. The number of hydrogen-bond acceptors (Lipinski definition) is 5. The van der Waals surface area contributed by atoms with E-state index in [4.69, 9.17) is 9.26 Å². The van der Waals surface area contributed by atoms with E-state index in [1.165, 1.54) is 4.88 Å². The third kappa shape index (κ3) is 1.97. The van der Waals surface area contributed by atoms with Gasteiger partial charge in [-0.1, -0.05) is 11.2 Å². The molecule has 2 aromatic heterocycles. The normalized spacial score (nSPS) is 20.4. The van der Waals surface area contributed by atoms with Gasteiger partial charge in [0.15, 0.2) is 5.82 Å². The van der Waals surface area contributed by atoms with Crippen molar-refractivity contribution >= 4 is 11.3 Å². The highest BCUT2D eigenvalue weighted by molar-refractivity contribution is 7.10. The van der Waals surface area contributed by atoms with Gasteiger partial charge in [-0.3, -0.25) is 0 Å². The Morgan fingerprint density at radius 2 is 2.33 bits per heavy atom. The molecule has 1 saturated heterocycles. The lowest BCUT2D eigenvalue weighted by Gasteiger charge is -2.17. The van der Waals surface area contributed by atoms with E-state index >= 15 is 0 Å². The molecule has 0 radical (unpaired) electrons. The maximum atomic E-state index is 5.46. The first-order valence-corrected chi connectivity index (χ1v) is 7.01. The van der Waals surface area contributed by atoms with Crippen LogP contribution in [-0.2, 0) is 10.2 Å². The zero-order valence-electron chi connectivity index (χ0n) is 10.5. The first-order chi connectivity index (χ1) is 8.68. The molecule has 3 heterocycles. The van der Waals surface area contributed by atoms with Crippen LogP contribution in [0.15, 0.2) is 22.0 Å². The van der Waals surface area contributed by atoms with Crippen molar-refractivity contribution in [1.82, 2.24) is 10.1 Å². The molecule has 1 aliphatic heterocycles. The van der Waals surface area contributed by atoms with Gasteiger partial charge in [-0.2, -0.15) is 4.98 Å². The maximum Gasteiger partial charge on any atom is 0.237 e. The Hall–Kier alpha value is -1.20. The molecule has 96 valence electrons. The minimum absolute atomic E-state index is 0.223. The summed E-state index contributed by atoms with van der Waals surface area (Å²) in [6.45, 7) is 5.73. The average Bonchev–Trinajstić information content (AvgIpc) is 3.12. The highest BCUT2D eigenvalue weighted by Gasteiger charge is 2.32. The van der Waals surface area contributed by atoms with Gasteiger partial charge in [-0.25, -0.2) is 0 Å². The number of nitrogens with zero attached hydrogens (tertiary/aromatic N) is 2. The average molecular weight is 264 g/mol. The second kappa shape index (κ2) is 4.48. The van der Waals surface area contributed by atoms with Gasteiger partial charge in [0.2, 0.25) is 5.89 Å². The summed E-state index contributed by atoms with van der Waals surface area (Å²) < 4.78 is 10.8. The number of ether oxygens (including phenoxy) is 1. The van der Waals surface area contributed by atoms with E-state index in [1.807, 2.05) is 6.07 Å². The lowest BCUT2D eigenvalue weighted by Crippen LogP contribution is -2.18. The molecule has 0 N–H and O–H groups in total. The molecule has 4 nitrogen and oxygen atoms in total. The van der Waals surface area contributed by atoms with Crippen LogP contribution in [-0.4, -0.2) is 23.4 Å². The Balaban J connectivity index is 1.88. The molecular weight excluding hydrogens is 248 g/mol. The summed E-state index contributed by atoms with van der Waals surface area (Å²) >= 11 is 1.71. The van der Waals surface area contributed by atoms with E-state index in [9.17, 15) is 0 Å². The van der Waals surface area contributed by atoms with E-state index in [0.29, 0.717) is 18.4 Å². The van der Waals surface area contributed by atoms with Crippen molar-refractivity contribution in [2.75, 3.05) is 13.2 Å². The smallest absolute Gasteiger partial charge is 0.237 e. The van der Waals surface area contributed by atoms with Crippen molar-refractivity contribution in [3.63, 3.8) is 0 Å². The number of rotatable bonds is 3. The van der Waals surface area contributed by atoms with Crippen LogP contribution >= 0.6 is 11.3 Å². The van der Waals surface area contributed by atoms with Crippen molar-refractivity contribution in [3.05, 3.63) is 34.1 Å². The lowest BCUT2D eigenvalue weighted by molar-refractivity contribution is 0.192. The lowest BCUT2D eigenvalue weighted by atomic mass is 9.91. The van der Waals surface area contributed by atoms with Crippen LogP contribution in [0.2, 0.25) is 0 Å². The summed E-state index contributed by atoms with van der Waals surface area (Å²) in [6.07, 6.45) is 0.985.